The molecule has 2 aliphatic rings. The SMILES string of the molecule is CN(CC(=O)N1CCNCC1)C(=O)CCC1CCCC1. The summed E-state index contributed by atoms with van der Waals surface area (Å²) in [6.07, 6.45) is 6.76. The summed E-state index contributed by atoms with van der Waals surface area (Å²) in [6, 6.07) is 0. The predicted octanol–water partition coefficient (Wildman–Crippen LogP) is 0.847. The third kappa shape index (κ3) is 4.47. The molecule has 5 heteroatoms. The van der Waals surface area contributed by atoms with Crippen LogP contribution in [0, 0.1) is 5.92 Å². The quantitative estimate of drug-likeness (QED) is 0.813. The second-order valence-corrected chi connectivity index (χ2v) is 6.07. The predicted molar refractivity (Wildman–Crippen MR) is 78.3 cm³/mol. The highest BCUT2D eigenvalue weighted by Crippen LogP contribution is 2.28. The Morgan fingerprint density at radius 2 is 1.85 bits per heavy atom. The fraction of sp³-hybridized carbons (Fsp3) is 0.867. The van der Waals surface area contributed by atoms with Gasteiger partial charge in [-0.15, -0.1) is 0 Å². The normalized spacial score (nSPS) is 20.1. The first kappa shape index (κ1) is 15.3. The first-order valence-electron chi connectivity index (χ1n) is 7.89. The molecular weight excluding hydrogens is 254 g/mol. The van der Waals surface area contributed by atoms with Crippen LogP contribution in [0.4, 0.5) is 0 Å². The Balaban J connectivity index is 1.68. The molecule has 2 rings (SSSR count). The lowest BCUT2D eigenvalue weighted by Crippen LogP contribution is -2.49. The molecule has 1 aliphatic carbocycles. The molecule has 5 nitrogen and oxygen atoms in total. The first-order valence-corrected chi connectivity index (χ1v) is 7.89. The zero-order valence-corrected chi connectivity index (χ0v) is 12.6. The number of nitrogens with zero attached hydrogens (tertiary/aromatic N) is 2. The summed E-state index contributed by atoms with van der Waals surface area (Å²) in [7, 11) is 1.75. The molecule has 2 amide bonds. The number of nitrogens with one attached hydrogen (secondary N) is 1. The molecule has 0 radical (unpaired) electrons. The van der Waals surface area contributed by atoms with Crippen LogP contribution in [0.2, 0.25) is 0 Å². The molecule has 1 aliphatic heterocycles. The lowest BCUT2D eigenvalue weighted by atomic mass is 10.0. The summed E-state index contributed by atoms with van der Waals surface area (Å²) in [5, 5.41) is 3.22. The molecule has 0 aromatic heterocycles. The van der Waals surface area contributed by atoms with Crippen LogP contribution in [0.1, 0.15) is 38.5 Å². The molecule has 0 atom stereocenters. The van der Waals surface area contributed by atoms with E-state index in [0.717, 1.165) is 38.5 Å². The number of rotatable bonds is 5. The molecule has 1 saturated heterocycles. The van der Waals surface area contributed by atoms with Crippen LogP contribution < -0.4 is 5.32 Å². The molecule has 1 saturated carbocycles. The number of carbonyl (C=O) groups excluding carboxylic acids is 2. The summed E-state index contributed by atoms with van der Waals surface area (Å²) in [6.45, 7) is 3.44. The number of piperazine rings is 1. The van der Waals surface area contributed by atoms with Gasteiger partial charge in [0.05, 0.1) is 6.54 Å². The van der Waals surface area contributed by atoms with Gasteiger partial charge in [0.15, 0.2) is 0 Å². The van der Waals surface area contributed by atoms with Gasteiger partial charge in [-0.3, -0.25) is 9.59 Å². The van der Waals surface area contributed by atoms with Crippen molar-refractivity contribution in [2.75, 3.05) is 39.8 Å². The Morgan fingerprint density at radius 1 is 1.20 bits per heavy atom. The maximum Gasteiger partial charge on any atom is 0.242 e. The van der Waals surface area contributed by atoms with Crippen molar-refractivity contribution in [1.29, 1.82) is 0 Å². The number of carbonyl (C=O) groups is 2. The molecule has 2 fully saturated rings. The zero-order valence-electron chi connectivity index (χ0n) is 12.6. The van der Waals surface area contributed by atoms with Crippen molar-refractivity contribution in [3.8, 4) is 0 Å². The highest BCUT2D eigenvalue weighted by Gasteiger charge is 2.21. The van der Waals surface area contributed by atoms with Gasteiger partial charge in [-0.1, -0.05) is 25.7 Å². The summed E-state index contributed by atoms with van der Waals surface area (Å²) < 4.78 is 0. The van der Waals surface area contributed by atoms with Crippen LogP contribution in [0.25, 0.3) is 0 Å². The minimum Gasteiger partial charge on any atom is -0.339 e. The summed E-state index contributed by atoms with van der Waals surface area (Å²) in [5.41, 5.74) is 0. The standard InChI is InChI=1S/C15H27N3O2/c1-17(12-15(20)18-10-8-16-9-11-18)14(19)7-6-13-4-2-3-5-13/h13,16H,2-12H2,1H3. The van der Waals surface area contributed by atoms with E-state index in [1.165, 1.54) is 25.7 Å². The van der Waals surface area contributed by atoms with Crippen LogP contribution in [0.3, 0.4) is 0 Å². The van der Waals surface area contributed by atoms with Gasteiger partial charge >= 0.3 is 0 Å². The van der Waals surface area contributed by atoms with Gasteiger partial charge in [0.1, 0.15) is 0 Å². The van der Waals surface area contributed by atoms with E-state index < -0.39 is 0 Å². The van der Waals surface area contributed by atoms with E-state index in [1.807, 2.05) is 4.90 Å². The van der Waals surface area contributed by atoms with Crippen molar-refractivity contribution in [2.45, 2.75) is 38.5 Å². The molecule has 0 unspecified atom stereocenters. The molecular formula is C15H27N3O2. The molecule has 0 spiro atoms. The Labute approximate surface area is 121 Å². The maximum atomic E-state index is 12.1. The van der Waals surface area contributed by atoms with Crippen LogP contribution in [0.5, 0.6) is 0 Å². The largest absolute Gasteiger partial charge is 0.339 e. The third-order valence-electron chi connectivity index (χ3n) is 4.51. The van der Waals surface area contributed by atoms with E-state index >= 15 is 0 Å². The average molecular weight is 281 g/mol. The van der Waals surface area contributed by atoms with E-state index in [4.69, 9.17) is 0 Å². The fourth-order valence-corrected chi connectivity index (χ4v) is 3.12. The molecule has 1 heterocycles. The molecule has 0 aromatic rings. The molecule has 0 aromatic carbocycles. The van der Waals surface area contributed by atoms with Crippen molar-refractivity contribution in [1.82, 2.24) is 15.1 Å². The van der Waals surface area contributed by atoms with Crippen LogP contribution in [-0.2, 0) is 9.59 Å². The average Bonchev–Trinajstić information content (AvgIpc) is 2.98. The molecule has 0 bridgehead atoms. The Kier molecular flexibility index (Phi) is 5.83. The Hall–Kier alpha value is -1.10. The van der Waals surface area contributed by atoms with Crippen LogP contribution >= 0.6 is 0 Å². The van der Waals surface area contributed by atoms with Gasteiger partial charge in [-0.05, 0) is 12.3 Å². The maximum absolute atomic E-state index is 12.1. The van der Waals surface area contributed by atoms with Crippen molar-refractivity contribution >= 4 is 11.8 Å². The van der Waals surface area contributed by atoms with E-state index in [0.29, 0.717) is 6.42 Å². The smallest absolute Gasteiger partial charge is 0.242 e. The molecule has 1 N–H and O–H groups in total. The zero-order chi connectivity index (χ0) is 14.4. The Morgan fingerprint density at radius 3 is 2.50 bits per heavy atom. The van der Waals surface area contributed by atoms with Gasteiger partial charge in [0.2, 0.25) is 11.8 Å². The second kappa shape index (κ2) is 7.62. The summed E-state index contributed by atoms with van der Waals surface area (Å²) in [4.78, 5) is 27.6. The summed E-state index contributed by atoms with van der Waals surface area (Å²) in [5.74, 6) is 0.917. The lowest BCUT2D eigenvalue weighted by molar-refractivity contribution is -0.139. The molecule has 20 heavy (non-hydrogen) atoms. The van der Waals surface area contributed by atoms with Gasteiger partial charge in [0.25, 0.3) is 0 Å². The van der Waals surface area contributed by atoms with Gasteiger partial charge in [-0.2, -0.15) is 0 Å². The highest BCUT2D eigenvalue weighted by molar-refractivity contribution is 5.84. The Bertz CT molecular complexity index is 334. The van der Waals surface area contributed by atoms with Crippen LogP contribution in [0.15, 0.2) is 0 Å². The van der Waals surface area contributed by atoms with Crippen LogP contribution in [-0.4, -0.2) is 61.4 Å². The number of amides is 2. The highest BCUT2D eigenvalue weighted by atomic mass is 16.2. The topological polar surface area (TPSA) is 52.7 Å². The van der Waals surface area contributed by atoms with Crippen molar-refractivity contribution in [3.63, 3.8) is 0 Å². The number of hydrogen-bond acceptors (Lipinski definition) is 3. The van der Waals surface area contributed by atoms with E-state index in [-0.39, 0.29) is 18.4 Å². The lowest BCUT2D eigenvalue weighted by Gasteiger charge is -2.29. The minimum atomic E-state index is 0.0724. The van der Waals surface area contributed by atoms with Crippen molar-refractivity contribution < 1.29 is 9.59 Å². The number of hydrogen-bond donors (Lipinski definition) is 1. The van der Waals surface area contributed by atoms with Gasteiger partial charge in [-0.25, -0.2) is 0 Å². The van der Waals surface area contributed by atoms with Crippen molar-refractivity contribution in [2.24, 2.45) is 5.92 Å². The van der Waals surface area contributed by atoms with E-state index in [1.54, 1.807) is 11.9 Å². The molecule has 114 valence electrons. The second-order valence-electron chi connectivity index (χ2n) is 6.07. The van der Waals surface area contributed by atoms with Gasteiger partial charge < -0.3 is 15.1 Å². The number of likely N-dealkylation sites (N-methyl/N-ethyl adjacent to an activating group) is 1. The monoisotopic (exact) mass is 281 g/mol. The fourth-order valence-electron chi connectivity index (χ4n) is 3.12. The summed E-state index contributed by atoms with van der Waals surface area (Å²) >= 11 is 0. The van der Waals surface area contributed by atoms with E-state index in [2.05, 4.69) is 5.32 Å². The van der Waals surface area contributed by atoms with Gasteiger partial charge in [0, 0.05) is 39.6 Å². The van der Waals surface area contributed by atoms with E-state index in [9.17, 15) is 9.59 Å². The first-order chi connectivity index (χ1) is 9.66. The third-order valence-corrected chi connectivity index (χ3v) is 4.51. The van der Waals surface area contributed by atoms with Crippen molar-refractivity contribution in [3.05, 3.63) is 0 Å². The minimum absolute atomic E-state index is 0.0724.